The summed E-state index contributed by atoms with van der Waals surface area (Å²) in [7, 11) is -2.22. The highest BCUT2D eigenvalue weighted by Gasteiger charge is 2.45. The maximum atomic E-state index is 13.1. The van der Waals surface area contributed by atoms with Crippen molar-refractivity contribution in [2.45, 2.75) is 43.1 Å². The van der Waals surface area contributed by atoms with Gasteiger partial charge in [-0.25, -0.2) is 8.42 Å². The summed E-state index contributed by atoms with van der Waals surface area (Å²) < 4.78 is 38.9. The topological polar surface area (TPSA) is 72.9 Å². The van der Waals surface area contributed by atoms with Crippen molar-refractivity contribution in [3.63, 3.8) is 0 Å². The van der Waals surface area contributed by atoms with Gasteiger partial charge < -0.3 is 9.47 Å². The number of Topliss-reactive ketones (excluding diaryl/α,β-unsaturated/α-hetero) is 1. The van der Waals surface area contributed by atoms with Crippen molar-refractivity contribution < 1.29 is 22.7 Å². The third-order valence-electron chi connectivity index (χ3n) is 5.96. The third-order valence-corrected chi connectivity index (χ3v) is 8.15. The van der Waals surface area contributed by atoms with Crippen LogP contribution in [0.5, 0.6) is 11.5 Å². The second kappa shape index (κ2) is 7.87. The highest BCUT2D eigenvalue weighted by atomic mass is 35.5. The summed E-state index contributed by atoms with van der Waals surface area (Å²) in [6, 6.07) is 10.2. The lowest BCUT2D eigenvalue weighted by Gasteiger charge is -2.43. The van der Waals surface area contributed by atoms with Gasteiger partial charge in [0.05, 0.1) is 29.0 Å². The minimum absolute atomic E-state index is 0.0600. The molecule has 0 N–H and O–H groups in total. The molecule has 1 saturated heterocycles. The zero-order chi connectivity index (χ0) is 21.5. The number of ketones is 1. The van der Waals surface area contributed by atoms with Crippen LogP contribution in [0.2, 0.25) is 5.02 Å². The van der Waals surface area contributed by atoms with Crippen molar-refractivity contribution in [3.05, 3.63) is 52.5 Å². The van der Waals surface area contributed by atoms with E-state index < -0.39 is 15.6 Å². The minimum Gasteiger partial charge on any atom is -0.495 e. The van der Waals surface area contributed by atoms with E-state index in [1.54, 1.807) is 6.07 Å². The van der Waals surface area contributed by atoms with Gasteiger partial charge in [0.2, 0.25) is 10.0 Å². The van der Waals surface area contributed by atoms with E-state index in [9.17, 15) is 13.2 Å². The lowest BCUT2D eigenvalue weighted by Crippen LogP contribution is -2.52. The molecule has 2 heterocycles. The normalized spacial score (nSPS) is 18.7. The minimum atomic E-state index is -3.70. The zero-order valence-corrected chi connectivity index (χ0v) is 18.6. The molecule has 0 bridgehead atoms. The number of halogens is 1. The zero-order valence-electron chi connectivity index (χ0n) is 17.0. The van der Waals surface area contributed by atoms with Crippen molar-refractivity contribution in [1.82, 2.24) is 4.31 Å². The second-order valence-corrected chi connectivity index (χ2v) is 10.1. The number of ether oxygens (including phenoxy) is 2. The molecule has 0 amide bonds. The van der Waals surface area contributed by atoms with Crippen molar-refractivity contribution in [2.75, 3.05) is 20.2 Å². The molecule has 2 aromatic carbocycles. The van der Waals surface area contributed by atoms with E-state index in [4.69, 9.17) is 21.1 Å². The fourth-order valence-corrected chi connectivity index (χ4v) is 5.92. The Hall–Kier alpha value is -2.09. The van der Waals surface area contributed by atoms with E-state index in [1.807, 2.05) is 25.1 Å². The van der Waals surface area contributed by atoms with Crippen molar-refractivity contribution >= 4 is 27.4 Å². The summed E-state index contributed by atoms with van der Waals surface area (Å²) >= 11 is 6.11. The van der Waals surface area contributed by atoms with Crippen LogP contribution < -0.4 is 9.47 Å². The number of fused-ring (bicyclic) bond motifs is 1. The van der Waals surface area contributed by atoms with Crippen molar-refractivity contribution in [1.29, 1.82) is 0 Å². The van der Waals surface area contributed by atoms with Gasteiger partial charge in [-0.05, 0) is 42.3 Å². The van der Waals surface area contributed by atoms with Gasteiger partial charge >= 0.3 is 0 Å². The smallest absolute Gasteiger partial charge is 0.243 e. The van der Waals surface area contributed by atoms with Gasteiger partial charge in [-0.15, -0.1) is 0 Å². The summed E-state index contributed by atoms with van der Waals surface area (Å²) in [5, 5.41) is 0.247. The lowest BCUT2D eigenvalue weighted by molar-refractivity contribution is 0.00588. The van der Waals surface area contributed by atoms with E-state index in [0.29, 0.717) is 29.9 Å². The fraction of sp³-hybridized carbons (Fsp3) is 0.409. The molecule has 2 aliphatic heterocycles. The van der Waals surface area contributed by atoms with E-state index in [0.717, 1.165) is 12.0 Å². The summed E-state index contributed by atoms with van der Waals surface area (Å²) in [5.41, 5.74) is 1.07. The van der Waals surface area contributed by atoms with E-state index in [-0.39, 0.29) is 35.2 Å². The summed E-state index contributed by atoms with van der Waals surface area (Å²) in [6.07, 6.45) is 2.04. The predicted molar refractivity (Wildman–Crippen MR) is 114 cm³/mol. The van der Waals surface area contributed by atoms with Crippen molar-refractivity contribution in [3.8, 4) is 11.5 Å². The quantitative estimate of drug-likeness (QED) is 0.702. The summed E-state index contributed by atoms with van der Waals surface area (Å²) in [4.78, 5) is 12.9. The Bertz CT molecular complexity index is 1090. The molecule has 6 nitrogen and oxygen atoms in total. The molecule has 0 aliphatic carbocycles. The van der Waals surface area contributed by atoms with Gasteiger partial charge in [-0.2, -0.15) is 4.31 Å². The number of nitrogens with zero attached hydrogens (tertiary/aromatic N) is 1. The Kier molecular flexibility index (Phi) is 5.55. The Labute approximate surface area is 181 Å². The highest BCUT2D eigenvalue weighted by molar-refractivity contribution is 7.89. The third kappa shape index (κ3) is 3.70. The molecule has 160 valence electrons. The second-order valence-electron chi connectivity index (χ2n) is 7.77. The van der Waals surface area contributed by atoms with E-state index in [2.05, 4.69) is 0 Å². The summed E-state index contributed by atoms with van der Waals surface area (Å²) in [6.45, 7) is 2.60. The highest BCUT2D eigenvalue weighted by Crippen LogP contribution is 2.41. The number of hydrogen-bond acceptors (Lipinski definition) is 5. The standard InChI is InChI=1S/C22H24ClNO5S/c1-3-15-4-6-20-17(12-15)19(25)14-22(29-20)8-10-24(11-9-22)30(26,27)16-5-7-21(28-2)18(23)13-16/h4-7,12-13H,3,8-11,14H2,1-2H3. The molecule has 1 spiro atoms. The molecule has 0 saturated carbocycles. The number of sulfonamides is 1. The van der Waals surface area contributed by atoms with Gasteiger partial charge in [0.25, 0.3) is 0 Å². The molecule has 4 rings (SSSR count). The van der Waals surface area contributed by atoms with E-state index >= 15 is 0 Å². The van der Waals surface area contributed by atoms with Gasteiger partial charge in [-0.1, -0.05) is 24.6 Å². The van der Waals surface area contributed by atoms with Crippen LogP contribution in [0.3, 0.4) is 0 Å². The predicted octanol–water partition coefficient (Wildman–Crippen LogP) is 4.10. The van der Waals surface area contributed by atoms with Crippen LogP contribution >= 0.6 is 11.6 Å². The first kappa shape index (κ1) is 21.2. The SMILES string of the molecule is CCc1ccc2c(c1)C(=O)CC1(CCN(S(=O)(=O)c3ccc(OC)c(Cl)c3)CC1)O2. The number of carbonyl (C=O) groups excluding carboxylic acids is 1. The number of methoxy groups -OCH3 is 1. The summed E-state index contributed by atoms with van der Waals surface area (Å²) in [5.74, 6) is 1.08. The fourth-order valence-electron chi connectivity index (χ4n) is 4.13. The van der Waals surface area contributed by atoms with Crippen LogP contribution in [0.1, 0.15) is 42.1 Å². The van der Waals surface area contributed by atoms with Crippen LogP contribution in [0.15, 0.2) is 41.3 Å². The van der Waals surface area contributed by atoms with Crippen LogP contribution in [-0.4, -0.2) is 44.3 Å². The molecule has 0 aromatic heterocycles. The molecular weight excluding hydrogens is 426 g/mol. The van der Waals surface area contributed by atoms with Gasteiger partial charge in [0, 0.05) is 25.9 Å². The van der Waals surface area contributed by atoms with Gasteiger partial charge in [0.1, 0.15) is 17.1 Å². The Morgan fingerprint density at radius 1 is 1.17 bits per heavy atom. The largest absolute Gasteiger partial charge is 0.495 e. The molecule has 30 heavy (non-hydrogen) atoms. The average Bonchev–Trinajstić information content (AvgIpc) is 2.73. The molecule has 2 aliphatic rings. The lowest BCUT2D eigenvalue weighted by atomic mass is 9.82. The Balaban J connectivity index is 1.52. The van der Waals surface area contributed by atoms with Crippen LogP contribution in [0, 0.1) is 0 Å². The number of aryl methyl sites for hydroxylation is 1. The van der Waals surface area contributed by atoms with Crippen LogP contribution in [-0.2, 0) is 16.4 Å². The van der Waals surface area contributed by atoms with Crippen LogP contribution in [0.4, 0.5) is 0 Å². The first-order chi connectivity index (χ1) is 14.3. The Morgan fingerprint density at radius 3 is 2.53 bits per heavy atom. The van der Waals surface area contributed by atoms with Crippen LogP contribution in [0.25, 0.3) is 0 Å². The average molecular weight is 450 g/mol. The number of carbonyl (C=O) groups is 1. The van der Waals surface area contributed by atoms with Gasteiger partial charge in [-0.3, -0.25) is 4.79 Å². The van der Waals surface area contributed by atoms with E-state index in [1.165, 1.54) is 23.5 Å². The monoisotopic (exact) mass is 449 g/mol. The molecule has 2 aromatic rings. The first-order valence-corrected chi connectivity index (χ1v) is 11.8. The van der Waals surface area contributed by atoms with Gasteiger partial charge in [0.15, 0.2) is 5.78 Å². The maximum absolute atomic E-state index is 13.1. The first-order valence-electron chi connectivity index (χ1n) is 9.97. The number of hydrogen-bond donors (Lipinski definition) is 0. The molecular formula is C22H24ClNO5S. The molecule has 0 atom stereocenters. The molecule has 0 radical (unpaired) electrons. The molecule has 0 unspecified atom stereocenters. The Morgan fingerprint density at radius 2 is 1.90 bits per heavy atom. The number of piperidine rings is 1. The molecule has 8 heteroatoms. The van der Waals surface area contributed by atoms with Crippen molar-refractivity contribution in [2.24, 2.45) is 0 Å². The number of benzene rings is 2. The molecule has 1 fully saturated rings. The maximum Gasteiger partial charge on any atom is 0.243 e. The number of rotatable bonds is 4.